The van der Waals surface area contributed by atoms with Crippen molar-refractivity contribution in [3.05, 3.63) is 60.7 Å². The second-order valence-corrected chi connectivity index (χ2v) is 8.57. The number of H-pyrrole nitrogens is 1. The number of hydrogen-bond acceptors (Lipinski definition) is 6. The van der Waals surface area contributed by atoms with E-state index in [1.165, 1.54) is 19.3 Å². The fourth-order valence-corrected chi connectivity index (χ4v) is 4.19. The number of piperidine rings is 1. The molecule has 4 heterocycles. The predicted molar refractivity (Wildman–Crippen MR) is 143 cm³/mol. The smallest absolute Gasteiger partial charge is 0.276 e. The fraction of sp³-hybridized carbons (Fsp3) is 0.333. The van der Waals surface area contributed by atoms with Gasteiger partial charge in [0.2, 0.25) is 0 Å². The van der Waals surface area contributed by atoms with Crippen molar-refractivity contribution in [1.29, 1.82) is 0 Å². The number of pyridine rings is 2. The summed E-state index contributed by atoms with van der Waals surface area (Å²) in [5, 5.41) is 10.9. The molecule has 5 rings (SSSR count). The zero-order valence-electron chi connectivity index (χ0n) is 20.9. The highest BCUT2D eigenvalue weighted by Gasteiger charge is 2.17. The van der Waals surface area contributed by atoms with E-state index in [2.05, 4.69) is 36.4 Å². The summed E-state index contributed by atoms with van der Waals surface area (Å²) >= 11 is 0. The number of fused-ring (bicyclic) bond motifs is 1. The lowest BCUT2D eigenvalue weighted by molar-refractivity contribution is 0.102. The minimum absolute atomic E-state index is 0.280. The SMILES string of the molecule is CC.CN(C)c1ccc(NC(=O)c2n[nH]c3ccc(-c4cncc(N5CCCCC5)c4)cc23)cn1. The summed E-state index contributed by atoms with van der Waals surface area (Å²) in [4.78, 5) is 26.1. The molecule has 0 unspecified atom stereocenters. The Morgan fingerprint density at radius 1 is 0.971 bits per heavy atom. The monoisotopic (exact) mass is 471 g/mol. The van der Waals surface area contributed by atoms with Gasteiger partial charge >= 0.3 is 0 Å². The summed E-state index contributed by atoms with van der Waals surface area (Å²) in [5.74, 6) is 0.543. The molecule has 0 saturated carbocycles. The molecule has 0 spiro atoms. The first kappa shape index (κ1) is 24.2. The van der Waals surface area contributed by atoms with Crippen LogP contribution in [0.15, 0.2) is 55.0 Å². The van der Waals surface area contributed by atoms with Gasteiger partial charge in [0.1, 0.15) is 5.82 Å². The second-order valence-electron chi connectivity index (χ2n) is 8.57. The molecule has 182 valence electrons. The van der Waals surface area contributed by atoms with Crippen LogP contribution in [0.5, 0.6) is 0 Å². The first-order chi connectivity index (χ1) is 17.1. The third-order valence-electron chi connectivity index (χ3n) is 6.02. The molecule has 0 bridgehead atoms. The van der Waals surface area contributed by atoms with E-state index >= 15 is 0 Å². The summed E-state index contributed by atoms with van der Waals surface area (Å²) < 4.78 is 0. The molecule has 0 radical (unpaired) electrons. The van der Waals surface area contributed by atoms with E-state index in [0.29, 0.717) is 11.4 Å². The van der Waals surface area contributed by atoms with E-state index in [4.69, 9.17) is 0 Å². The van der Waals surface area contributed by atoms with Gasteiger partial charge in [-0.1, -0.05) is 19.9 Å². The maximum absolute atomic E-state index is 13.0. The number of hydrogen-bond donors (Lipinski definition) is 2. The number of benzene rings is 1. The zero-order chi connectivity index (χ0) is 24.8. The molecule has 0 atom stereocenters. The maximum Gasteiger partial charge on any atom is 0.276 e. The van der Waals surface area contributed by atoms with Crippen LogP contribution in [0.1, 0.15) is 43.6 Å². The third kappa shape index (κ3) is 5.42. The Morgan fingerprint density at radius 3 is 2.49 bits per heavy atom. The summed E-state index contributed by atoms with van der Waals surface area (Å²) in [7, 11) is 3.84. The Labute approximate surface area is 206 Å². The van der Waals surface area contributed by atoms with Crippen molar-refractivity contribution in [1.82, 2.24) is 20.2 Å². The summed E-state index contributed by atoms with van der Waals surface area (Å²) in [6.45, 7) is 6.14. The van der Waals surface area contributed by atoms with Gasteiger partial charge in [-0.15, -0.1) is 0 Å². The van der Waals surface area contributed by atoms with E-state index in [9.17, 15) is 4.79 Å². The summed E-state index contributed by atoms with van der Waals surface area (Å²) in [5.41, 5.74) is 4.95. The van der Waals surface area contributed by atoms with E-state index < -0.39 is 0 Å². The summed E-state index contributed by atoms with van der Waals surface area (Å²) in [6.07, 6.45) is 9.17. The number of nitrogens with one attached hydrogen (secondary N) is 2. The number of nitrogens with zero attached hydrogens (tertiary/aromatic N) is 5. The van der Waals surface area contributed by atoms with Crippen LogP contribution in [-0.4, -0.2) is 53.3 Å². The molecule has 3 aromatic heterocycles. The number of carbonyl (C=O) groups is 1. The van der Waals surface area contributed by atoms with Crippen molar-refractivity contribution in [3.63, 3.8) is 0 Å². The Hall–Kier alpha value is -3.94. The first-order valence-electron chi connectivity index (χ1n) is 12.2. The number of anilines is 3. The quantitative estimate of drug-likeness (QED) is 0.408. The van der Waals surface area contributed by atoms with Crippen LogP contribution in [0.3, 0.4) is 0 Å². The lowest BCUT2D eigenvalue weighted by atomic mass is 10.0. The van der Waals surface area contributed by atoms with Gasteiger partial charge in [0, 0.05) is 44.3 Å². The molecule has 2 N–H and O–H groups in total. The number of carbonyl (C=O) groups excluding carboxylic acids is 1. The van der Waals surface area contributed by atoms with Gasteiger partial charge in [-0.3, -0.25) is 14.9 Å². The molecular formula is C27H33N7O. The van der Waals surface area contributed by atoms with Gasteiger partial charge in [-0.25, -0.2) is 4.98 Å². The molecule has 4 aromatic rings. The van der Waals surface area contributed by atoms with E-state index in [0.717, 1.165) is 46.6 Å². The highest BCUT2D eigenvalue weighted by molar-refractivity contribution is 6.11. The van der Waals surface area contributed by atoms with E-state index in [-0.39, 0.29) is 5.91 Å². The Morgan fingerprint density at radius 2 is 1.77 bits per heavy atom. The van der Waals surface area contributed by atoms with Crippen LogP contribution in [0.2, 0.25) is 0 Å². The number of aromatic amines is 1. The van der Waals surface area contributed by atoms with Crippen LogP contribution < -0.4 is 15.1 Å². The number of aromatic nitrogens is 4. The van der Waals surface area contributed by atoms with Crippen molar-refractivity contribution in [2.75, 3.05) is 42.3 Å². The molecule has 8 heteroatoms. The number of amides is 1. The Bertz CT molecular complexity index is 1270. The average Bonchev–Trinajstić information content (AvgIpc) is 3.34. The molecule has 1 amide bonds. The van der Waals surface area contributed by atoms with Crippen molar-refractivity contribution < 1.29 is 4.79 Å². The molecule has 1 aliphatic rings. The molecule has 8 nitrogen and oxygen atoms in total. The summed E-state index contributed by atoms with van der Waals surface area (Å²) in [6, 6.07) is 11.9. The van der Waals surface area contributed by atoms with Gasteiger partial charge in [-0.2, -0.15) is 5.10 Å². The van der Waals surface area contributed by atoms with Crippen LogP contribution in [-0.2, 0) is 0 Å². The largest absolute Gasteiger partial charge is 0.370 e. The highest BCUT2D eigenvalue weighted by atomic mass is 16.1. The maximum atomic E-state index is 13.0. The van der Waals surface area contributed by atoms with Crippen LogP contribution in [0, 0.1) is 0 Å². The normalized spacial score (nSPS) is 13.2. The van der Waals surface area contributed by atoms with Gasteiger partial charge in [0.05, 0.1) is 29.3 Å². The highest BCUT2D eigenvalue weighted by Crippen LogP contribution is 2.29. The lowest BCUT2D eigenvalue weighted by Gasteiger charge is -2.28. The molecule has 1 aliphatic heterocycles. The van der Waals surface area contributed by atoms with Gasteiger partial charge in [0.15, 0.2) is 5.69 Å². The Kier molecular flexibility index (Phi) is 7.60. The van der Waals surface area contributed by atoms with E-state index in [1.807, 2.05) is 75.6 Å². The van der Waals surface area contributed by atoms with Crippen molar-refractivity contribution in [2.45, 2.75) is 33.1 Å². The van der Waals surface area contributed by atoms with Crippen LogP contribution in [0.4, 0.5) is 17.2 Å². The van der Waals surface area contributed by atoms with Crippen molar-refractivity contribution in [2.24, 2.45) is 0 Å². The van der Waals surface area contributed by atoms with Gasteiger partial charge in [0.25, 0.3) is 5.91 Å². The van der Waals surface area contributed by atoms with Crippen molar-refractivity contribution >= 4 is 34.0 Å². The predicted octanol–water partition coefficient (Wildman–Crippen LogP) is 5.35. The topological polar surface area (TPSA) is 90.0 Å². The van der Waals surface area contributed by atoms with Gasteiger partial charge in [-0.05, 0) is 55.2 Å². The molecule has 1 saturated heterocycles. The molecule has 35 heavy (non-hydrogen) atoms. The minimum Gasteiger partial charge on any atom is -0.370 e. The lowest BCUT2D eigenvalue weighted by Crippen LogP contribution is -2.29. The molecular weight excluding hydrogens is 438 g/mol. The third-order valence-corrected chi connectivity index (χ3v) is 6.02. The number of rotatable bonds is 5. The first-order valence-corrected chi connectivity index (χ1v) is 12.2. The fourth-order valence-electron chi connectivity index (χ4n) is 4.19. The van der Waals surface area contributed by atoms with Crippen molar-refractivity contribution in [3.8, 4) is 11.1 Å². The molecule has 1 fully saturated rings. The minimum atomic E-state index is -0.280. The second kappa shape index (κ2) is 11.0. The Balaban J connectivity index is 0.00000141. The average molecular weight is 472 g/mol. The molecule has 1 aromatic carbocycles. The standard InChI is InChI=1S/C25H27N7O.C2H6/c1-31(2)23-9-7-19(15-27-23)28-25(33)24-21-13-17(6-8-22(21)29-30-24)18-12-20(16-26-14-18)32-10-4-3-5-11-32;1-2/h6-9,12-16H,3-5,10-11H2,1-2H3,(H,28,33)(H,29,30);1-2H3. The zero-order valence-corrected chi connectivity index (χ0v) is 20.9. The van der Waals surface area contributed by atoms with E-state index in [1.54, 1.807) is 6.20 Å². The van der Waals surface area contributed by atoms with Crippen LogP contribution >= 0.6 is 0 Å². The van der Waals surface area contributed by atoms with Crippen LogP contribution in [0.25, 0.3) is 22.0 Å². The van der Waals surface area contributed by atoms with Gasteiger partial charge < -0.3 is 15.1 Å². The molecule has 0 aliphatic carbocycles.